The zero-order valence-corrected chi connectivity index (χ0v) is 16.6. The molecule has 3 aliphatic heterocycles. The summed E-state index contributed by atoms with van der Waals surface area (Å²) in [4.78, 5) is 29.8. The minimum atomic E-state index is -0.717. The maximum absolute atomic E-state index is 13.4. The summed E-state index contributed by atoms with van der Waals surface area (Å²) < 4.78 is 12.0. The average Bonchev–Trinajstić information content (AvgIpc) is 3.36. The predicted molar refractivity (Wildman–Crippen MR) is 107 cm³/mol. The molecule has 3 fully saturated rings. The van der Waals surface area contributed by atoms with Crippen LogP contribution in [0.1, 0.15) is 40.4 Å². The molecule has 0 bridgehead atoms. The molecule has 150 valence electrons. The van der Waals surface area contributed by atoms with Crippen LogP contribution in [-0.4, -0.2) is 53.6 Å². The Bertz CT molecular complexity index is 976. The number of ether oxygens (including phenoxy) is 2. The van der Waals surface area contributed by atoms with Gasteiger partial charge in [0.25, 0.3) is 5.91 Å². The predicted octanol–water partition coefficient (Wildman–Crippen LogP) is 2.92. The summed E-state index contributed by atoms with van der Waals surface area (Å²) in [7, 11) is 1.57. The third-order valence-corrected chi connectivity index (χ3v) is 6.45. The molecule has 0 aromatic heterocycles. The SMILES string of the molecule is COc1cc(C)ccc1C(=O)N1CC[C@@]23O[C@@H](c4ccccc4)CN2C(=O)C[C@@H]13. The first kappa shape index (κ1) is 18.2. The molecular formula is C23H24N2O4. The monoisotopic (exact) mass is 392 g/mol. The van der Waals surface area contributed by atoms with Crippen molar-refractivity contribution in [2.75, 3.05) is 20.2 Å². The number of hydrogen-bond donors (Lipinski definition) is 0. The number of nitrogens with zero attached hydrogens (tertiary/aromatic N) is 2. The molecule has 0 N–H and O–H groups in total. The third-order valence-electron chi connectivity index (χ3n) is 6.45. The van der Waals surface area contributed by atoms with E-state index in [-0.39, 0.29) is 24.0 Å². The van der Waals surface area contributed by atoms with E-state index in [1.165, 1.54) is 0 Å². The lowest BCUT2D eigenvalue weighted by atomic mass is 10.0. The number of benzene rings is 2. The maximum Gasteiger partial charge on any atom is 0.258 e. The van der Waals surface area contributed by atoms with Crippen molar-refractivity contribution in [2.45, 2.75) is 37.6 Å². The quantitative estimate of drug-likeness (QED) is 0.806. The summed E-state index contributed by atoms with van der Waals surface area (Å²) >= 11 is 0. The number of methoxy groups -OCH3 is 1. The highest BCUT2D eigenvalue weighted by Crippen LogP contribution is 2.51. The van der Waals surface area contributed by atoms with Crippen LogP contribution < -0.4 is 4.74 Å². The van der Waals surface area contributed by atoms with E-state index in [0.29, 0.717) is 37.2 Å². The molecule has 0 aliphatic carbocycles. The van der Waals surface area contributed by atoms with E-state index < -0.39 is 5.72 Å². The van der Waals surface area contributed by atoms with Crippen molar-refractivity contribution < 1.29 is 19.1 Å². The lowest BCUT2D eigenvalue weighted by molar-refractivity contribution is -0.138. The molecule has 2 amide bonds. The van der Waals surface area contributed by atoms with Crippen LogP contribution in [0.3, 0.4) is 0 Å². The van der Waals surface area contributed by atoms with Crippen molar-refractivity contribution in [2.24, 2.45) is 0 Å². The number of hydrogen-bond acceptors (Lipinski definition) is 4. The standard InChI is InChI=1S/C23H24N2O4/c1-15-8-9-17(18(12-15)28-2)22(27)24-11-10-23-20(24)13-21(26)25(23)14-19(29-23)16-6-4-3-5-7-16/h3-9,12,19-20H,10-11,13-14H2,1-2H3/t19-,20-,23+/m1/s1. The first-order valence-corrected chi connectivity index (χ1v) is 10.0. The summed E-state index contributed by atoms with van der Waals surface area (Å²) in [5, 5.41) is 0. The van der Waals surface area contributed by atoms with Crippen molar-refractivity contribution >= 4 is 11.8 Å². The second-order valence-corrected chi connectivity index (χ2v) is 8.04. The van der Waals surface area contributed by atoms with Gasteiger partial charge < -0.3 is 19.3 Å². The molecule has 6 heteroatoms. The van der Waals surface area contributed by atoms with Gasteiger partial charge in [-0.1, -0.05) is 36.4 Å². The second-order valence-electron chi connectivity index (χ2n) is 8.04. The summed E-state index contributed by atoms with van der Waals surface area (Å²) in [5.74, 6) is 0.513. The Morgan fingerprint density at radius 3 is 2.76 bits per heavy atom. The van der Waals surface area contributed by atoms with Crippen LogP contribution in [0.5, 0.6) is 5.75 Å². The van der Waals surface area contributed by atoms with Gasteiger partial charge in [-0.2, -0.15) is 0 Å². The summed E-state index contributed by atoms with van der Waals surface area (Å²) in [6.45, 7) is 3.06. The molecule has 0 saturated carbocycles. The van der Waals surface area contributed by atoms with Gasteiger partial charge in [0.05, 0.1) is 31.7 Å². The van der Waals surface area contributed by atoms with E-state index in [4.69, 9.17) is 9.47 Å². The Kier molecular flexibility index (Phi) is 4.13. The van der Waals surface area contributed by atoms with Crippen LogP contribution in [0.2, 0.25) is 0 Å². The molecule has 0 unspecified atom stereocenters. The van der Waals surface area contributed by atoms with E-state index in [2.05, 4.69) is 0 Å². The van der Waals surface area contributed by atoms with Crippen molar-refractivity contribution in [1.82, 2.24) is 9.80 Å². The van der Waals surface area contributed by atoms with Gasteiger partial charge in [0.15, 0.2) is 5.72 Å². The highest BCUT2D eigenvalue weighted by atomic mass is 16.5. The number of carbonyl (C=O) groups is 2. The minimum absolute atomic E-state index is 0.0572. The summed E-state index contributed by atoms with van der Waals surface area (Å²) in [6, 6.07) is 15.3. The van der Waals surface area contributed by atoms with E-state index in [1.54, 1.807) is 18.1 Å². The number of rotatable bonds is 3. The van der Waals surface area contributed by atoms with Crippen molar-refractivity contribution in [3.8, 4) is 5.75 Å². The molecule has 3 saturated heterocycles. The fourth-order valence-electron chi connectivity index (χ4n) is 5.04. The molecule has 2 aromatic carbocycles. The van der Waals surface area contributed by atoms with Gasteiger partial charge >= 0.3 is 0 Å². The summed E-state index contributed by atoms with van der Waals surface area (Å²) in [6.07, 6.45) is 0.778. The van der Waals surface area contributed by atoms with E-state index in [9.17, 15) is 9.59 Å². The van der Waals surface area contributed by atoms with Crippen LogP contribution in [0.25, 0.3) is 0 Å². The zero-order chi connectivity index (χ0) is 20.2. The van der Waals surface area contributed by atoms with Gasteiger partial charge in [-0.25, -0.2) is 0 Å². The Labute approximate surface area is 170 Å². The van der Waals surface area contributed by atoms with E-state index in [0.717, 1.165) is 11.1 Å². The number of likely N-dealkylation sites (tertiary alicyclic amines) is 1. The Hall–Kier alpha value is -2.86. The molecule has 3 atom stereocenters. The molecule has 0 radical (unpaired) electrons. The van der Waals surface area contributed by atoms with Crippen LogP contribution in [-0.2, 0) is 9.53 Å². The van der Waals surface area contributed by atoms with Gasteiger partial charge in [0, 0.05) is 13.0 Å². The van der Waals surface area contributed by atoms with Gasteiger partial charge in [0.1, 0.15) is 11.9 Å². The van der Waals surface area contributed by atoms with E-state index in [1.807, 2.05) is 54.3 Å². The number of amides is 2. The first-order valence-electron chi connectivity index (χ1n) is 10.0. The molecule has 3 aliphatic rings. The Balaban J connectivity index is 1.45. The van der Waals surface area contributed by atoms with Gasteiger partial charge in [-0.3, -0.25) is 9.59 Å². The fraction of sp³-hybridized carbons (Fsp3) is 0.391. The minimum Gasteiger partial charge on any atom is -0.496 e. The fourth-order valence-corrected chi connectivity index (χ4v) is 5.04. The summed E-state index contributed by atoms with van der Waals surface area (Å²) in [5.41, 5.74) is 1.90. The average molecular weight is 392 g/mol. The molecule has 2 aromatic rings. The van der Waals surface area contributed by atoms with Gasteiger partial charge in [-0.15, -0.1) is 0 Å². The van der Waals surface area contributed by atoms with Crippen LogP contribution in [0, 0.1) is 6.92 Å². The van der Waals surface area contributed by atoms with Crippen LogP contribution >= 0.6 is 0 Å². The van der Waals surface area contributed by atoms with E-state index >= 15 is 0 Å². The Morgan fingerprint density at radius 1 is 1.21 bits per heavy atom. The smallest absolute Gasteiger partial charge is 0.258 e. The Morgan fingerprint density at radius 2 is 2.00 bits per heavy atom. The maximum atomic E-state index is 13.4. The topological polar surface area (TPSA) is 59.1 Å². The highest BCUT2D eigenvalue weighted by molar-refractivity contribution is 5.98. The molecular weight excluding hydrogens is 368 g/mol. The van der Waals surface area contributed by atoms with Gasteiger partial charge in [-0.05, 0) is 30.2 Å². The van der Waals surface area contributed by atoms with Gasteiger partial charge in [0.2, 0.25) is 5.91 Å². The third kappa shape index (κ3) is 2.66. The molecule has 5 rings (SSSR count). The molecule has 29 heavy (non-hydrogen) atoms. The second kappa shape index (κ2) is 6.59. The number of aryl methyl sites for hydroxylation is 1. The normalized spacial score (nSPS) is 27.9. The van der Waals surface area contributed by atoms with Crippen molar-refractivity contribution in [3.63, 3.8) is 0 Å². The zero-order valence-electron chi connectivity index (χ0n) is 16.6. The number of carbonyl (C=O) groups excluding carboxylic acids is 2. The van der Waals surface area contributed by atoms with Crippen molar-refractivity contribution in [3.05, 3.63) is 65.2 Å². The molecule has 3 heterocycles. The van der Waals surface area contributed by atoms with Crippen molar-refractivity contribution in [1.29, 1.82) is 0 Å². The molecule has 1 spiro atoms. The largest absolute Gasteiger partial charge is 0.496 e. The molecule has 6 nitrogen and oxygen atoms in total. The highest BCUT2D eigenvalue weighted by Gasteiger charge is 2.65. The van der Waals surface area contributed by atoms with Crippen LogP contribution in [0.4, 0.5) is 0 Å². The lowest BCUT2D eigenvalue weighted by Gasteiger charge is -2.32. The lowest BCUT2D eigenvalue weighted by Crippen LogP contribution is -2.48. The van der Waals surface area contributed by atoms with Crippen LogP contribution in [0.15, 0.2) is 48.5 Å². The first-order chi connectivity index (χ1) is 14.0.